The van der Waals surface area contributed by atoms with Crippen molar-refractivity contribution in [3.8, 4) is 0 Å². The zero-order valence-electron chi connectivity index (χ0n) is 12.2. The Morgan fingerprint density at radius 3 is 2.86 bits per heavy atom. The molecule has 21 heavy (non-hydrogen) atoms. The number of carbonyl (C=O) groups excluding carboxylic acids is 1. The Morgan fingerprint density at radius 1 is 1.48 bits per heavy atom. The van der Waals surface area contributed by atoms with Gasteiger partial charge >= 0.3 is 5.97 Å². The monoisotopic (exact) mass is 304 g/mol. The van der Waals surface area contributed by atoms with E-state index in [0.29, 0.717) is 18.9 Å². The fourth-order valence-electron chi connectivity index (χ4n) is 2.84. The lowest BCUT2D eigenvalue weighted by Gasteiger charge is -2.28. The van der Waals surface area contributed by atoms with E-state index in [0.717, 1.165) is 21.6 Å². The molecule has 0 saturated heterocycles. The van der Waals surface area contributed by atoms with Gasteiger partial charge in [-0.3, -0.25) is 4.79 Å². The molecule has 1 aromatic heterocycles. The van der Waals surface area contributed by atoms with Crippen LogP contribution in [0, 0.1) is 11.3 Å². The molecule has 4 nitrogen and oxygen atoms in total. The van der Waals surface area contributed by atoms with Crippen LogP contribution in [0.4, 0.5) is 0 Å². The molecule has 1 atom stereocenters. The Kier molecular flexibility index (Phi) is 3.95. The Morgan fingerprint density at radius 2 is 2.24 bits per heavy atom. The van der Waals surface area contributed by atoms with Crippen LogP contribution >= 0.6 is 11.3 Å². The van der Waals surface area contributed by atoms with Crippen molar-refractivity contribution in [3.63, 3.8) is 0 Å². The van der Waals surface area contributed by atoms with Crippen LogP contribution in [-0.2, 0) is 16.0 Å². The summed E-state index contributed by atoms with van der Waals surface area (Å²) in [5.41, 5.74) is 6.34. The third kappa shape index (κ3) is 2.94. The number of thiazole rings is 1. The van der Waals surface area contributed by atoms with E-state index in [9.17, 15) is 4.79 Å². The fourth-order valence-corrected chi connectivity index (χ4v) is 3.95. The van der Waals surface area contributed by atoms with Crippen molar-refractivity contribution in [1.29, 1.82) is 0 Å². The van der Waals surface area contributed by atoms with Crippen LogP contribution in [0.25, 0.3) is 10.2 Å². The molecule has 1 aliphatic carbocycles. The highest BCUT2D eigenvalue weighted by Crippen LogP contribution is 2.43. The van der Waals surface area contributed by atoms with Gasteiger partial charge in [0.15, 0.2) is 0 Å². The highest BCUT2D eigenvalue weighted by Gasteiger charge is 2.43. The predicted molar refractivity (Wildman–Crippen MR) is 84.2 cm³/mol. The van der Waals surface area contributed by atoms with Gasteiger partial charge in [-0.2, -0.15) is 0 Å². The summed E-state index contributed by atoms with van der Waals surface area (Å²) < 4.78 is 6.19. The maximum absolute atomic E-state index is 12.3. The molecule has 0 spiro atoms. The summed E-state index contributed by atoms with van der Waals surface area (Å²) in [6.45, 7) is 0.312. The first-order valence-corrected chi connectivity index (χ1v) is 8.11. The summed E-state index contributed by atoms with van der Waals surface area (Å²) in [5.74, 6) is 0.415. The van der Waals surface area contributed by atoms with E-state index in [2.05, 4.69) is 11.1 Å². The number of hydrogen-bond acceptors (Lipinski definition) is 5. The lowest BCUT2D eigenvalue weighted by Crippen LogP contribution is -2.42. The number of hydrogen-bond donors (Lipinski definition) is 1. The fraction of sp³-hybridized carbons (Fsp3) is 0.500. The Hall–Kier alpha value is -1.46. The number of carbonyl (C=O) groups is 1. The van der Waals surface area contributed by atoms with Gasteiger partial charge in [-0.25, -0.2) is 4.98 Å². The smallest absolute Gasteiger partial charge is 0.313 e. The van der Waals surface area contributed by atoms with Gasteiger partial charge in [0.05, 0.1) is 27.7 Å². The molecule has 0 bridgehead atoms. The van der Waals surface area contributed by atoms with Crippen molar-refractivity contribution in [3.05, 3.63) is 29.3 Å². The number of fused-ring (bicyclic) bond motifs is 1. The van der Waals surface area contributed by atoms with Crippen LogP contribution in [0.15, 0.2) is 24.3 Å². The van der Waals surface area contributed by atoms with Crippen LogP contribution in [-0.4, -0.2) is 24.6 Å². The number of esters is 1. The molecule has 1 fully saturated rings. The lowest BCUT2D eigenvalue weighted by atomic mass is 9.79. The first-order chi connectivity index (χ1) is 10.2. The van der Waals surface area contributed by atoms with Crippen LogP contribution in [0.2, 0.25) is 0 Å². The molecule has 1 unspecified atom stereocenters. The molecule has 1 aliphatic rings. The van der Waals surface area contributed by atoms with Crippen LogP contribution in [0.1, 0.15) is 24.3 Å². The second-order valence-electron chi connectivity index (χ2n) is 5.88. The number of ether oxygens (including phenoxy) is 1. The molecule has 112 valence electrons. The minimum absolute atomic E-state index is 0.198. The topological polar surface area (TPSA) is 65.2 Å². The number of para-hydroxylation sites is 1. The number of benzene rings is 1. The summed E-state index contributed by atoms with van der Waals surface area (Å²) in [7, 11) is 1.44. The zero-order valence-corrected chi connectivity index (χ0v) is 13.0. The van der Waals surface area contributed by atoms with Crippen molar-refractivity contribution in [2.45, 2.75) is 25.7 Å². The summed E-state index contributed by atoms with van der Waals surface area (Å²) in [4.78, 5) is 17.0. The van der Waals surface area contributed by atoms with E-state index in [1.165, 1.54) is 20.0 Å². The Labute approximate surface area is 128 Å². The van der Waals surface area contributed by atoms with Crippen molar-refractivity contribution in [2.24, 2.45) is 17.1 Å². The van der Waals surface area contributed by atoms with Gasteiger partial charge in [-0.05, 0) is 24.5 Å². The normalized spacial score (nSPS) is 17.6. The largest absolute Gasteiger partial charge is 0.469 e. The van der Waals surface area contributed by atoms with Gasteiger partial charge in [0, 0.05) is 13.0 Å². The summed E-state index contributed by atoms with van der Waals surface area (Å²) in [5, 5.41) is 0.965. The van der Waals surface area contributed by atoms with Gasteiger partial charge in [-0.1, -0.05) is 25.0 Å². The van der Waals surface area contributed by atoms with E-state index in [1.54, 1.807) is 11.3 Å². The van der Waals surface area contributed by atoms with Crippen molar-refractivity contribution in [1.82, 2.24) is 4.98 Å². The SMILES string of the molecule is COC(=O)C(CN)(Cc1nc2ccccc2s1)CC1CC1. The Bertz CT molecular complexity index is 618. The summed E-state index contributed by atoms with van der Waals surface area (Å²) in [6.07, 6.45) is 3.77. The van der Waals surface area contributed by atoms with Crippen LogP contribution in [0.5, 0.6) is 0 Å². The molecule has 1 heterocycles. The molecular weight excluding hydrogens is 284 g/mol. The molecular formula is C16H20N2O2S. The average Bonchev–Trinajstić information content (AvgIpc) is 3.22. The minimum Gasteiger partial charge on any atom is -0.469 e. The number of methoxy groups -OCH3 is 1. The second-order valence-corrected chi connectivity index (χ2v) is 6.99. The molecule has 2 N–H and O–H groups in total. The van der Waals surface area contributed by atoms with E-state index in [1.807, 2.05) is 18.2 Å². The third-order valence-corrected chi connectivity index (χ3v) is 5.25. The van der Waals surface area contributed by atoms with Gasteiger partial charge < -0.3 is 10.5 Å². The third-order valence-electron chi connectivity index (χ3n) is 4.21. The van der Waals surface area contributed by atoms with E-state index >= 15 is 0 Å². The molecule has 3 rings (SSSR count). The number of nitrogens with zero attached hydrogens (tertiary/aromatic N) is 1. The molecule has 0 radical (unpaired) electrons. The molecule has 1 saturated carbocycles. The first kappa shape index (κ1) is 14.5. The first-order valence-electron chi connectivity index (χ1n) is 7.30. The molecule has 0 amide bonds. The second kappa shape index (κ2) is 5.73. The molecule has 0 aliphatic heterocycles. The van der Waals surface area contributed by atoms with Gasteiger partial charge in [-0.15, -0.1) is 11.3 Å². The van der Waals surface area contributed by atoms with E-state index < -0.39 is 5.41 Å². The predicted octanol–water partition coefficient (Wildman–Crippen LogP) is 2.76. The number of rotatable bonds is 6. The van der Waals surface area contributed by atoms with Gasteiger partial charge in [0.1, 0.15) is 0 Å². The highest BCUT2D eigenvalue weighted by molar-refractivity contribution is 7.18. The van der Waals surface area contributed by atoms with Gasteiger partial charge in [0.2, 0.25) is 0 Å². The minimum atomic E-state index is -0.621. The number of aromatic nitrogens is 1. The maximum Gasteiger partial charge on any atom is 0.313 e. The molecule has 5 heteroatoms. The zero-order chi connectivity index (χ0) is 14.9. The maximum atomic E-state index is 12.3. The summed E-state index contributed by atoms with van der Waals surface area (Å²) in [6, 6.07) is 8.04. The van der Waals surface area contributed by atoms with Crippen LogP contribution in [0.3, 0.4) is 0 Å². The summed E-state index contributed by atoms with van der Waals surface area (Å²) >= 11 is 1.64. The number of nitrogens with two attached hydrogens (primary N) is 1. The average molecular weight is 304 g/mol. The Balaban J connectivity index is 1.90. The van der Waals surface area contributed by atoms with Crippen LogP contribution < -0.4 is 5.73 Å². The van der Waals surface area contributed by atoms with E-state index in [-0.39, 0.29) is 5.97 Å². The molecule has 1 aromatic carbocycles. The highest BCUT2D eigenvalue weighted by atomic mass is 32.1. The van der Waals surface area contributed by atoms with Gasteiger partial charge in [0.25, 0.3) is 0 Å². The van der Waals surface area contributed by atoms with E-state index in [4.69, 9.17) is 10.5 Å². The standard InChI is InChI=1S/C16H20N2O2S/c1-20-15(19)16(10-17,8-11-6-7-11)9-14-18-12-4-2-3-5-13(12)21-14/h2-5,11H,6-10,17H2,1H3. The lowest BCUT2D eigenvalue weighted by molar-refractivity contribution is -0.153. The van der Waals surface area contributed by atoms with Crippen molar-refractivity contribution >= 4 is 27.5 Å². The van der Waals surface area contributed by atoms with Crippen molar-refractivity contribution in [2.75, 3.05) is 13.7 Å². The van der Waals surface area contributed by atoms with Crippen molar-refractivity contribution < 1.29 is 9.53 Å². The molecule has 2 aromatic rings. The quantitative estimate of drug-likeness (QED) is 0.833.